The van der Waals surface area contributed by atoms with E-state index in [9.17, 15) is 4.79 Å². The van der Waals surface area contributed by atoms with Crippen LogP contribution in [0.25, 0.3) is 0 Å². The van der Waals surface area contributed by atoms with E-state index in [1.54, 1.807) is 0 Å². The number of nitrogens with two attached hydrogens (primary N) is 1. The maximum atomic E-state index is 12.1. The summed E-state index contributed by atoms with van der Waals surface area (Å²) < 4.78 is 0. The van der Waals surface area contributed by atoms with Crippen molar-refractivity contribution < 1.29 is 10.0 Å². The lowest BCUT2D eigenvalue weighted by Gasteiger charge is -2.17. The quantitative estimate of drug-likeness (QED) is 0.321. The number of nitrogens with zero attached hydrogens (tertiary/aromatic N) is 2. The summed E-state index contributed by atoms with van der Waals surface area (Å²) >= 11 is 1.50. The lowest BCUT2D eigenvalue weighted by Crippen LogP contribution is -2.39. The zero-order valence-electron chi connectivity index (χ0n) is 11.4. The van der Waals surface area contributed by atoms with Crippen LogP contribution in [0, 0.1) is 12.8 Å². The van der Waals surface area contributed by atoms with E-state index < -0.39 is 5.92 Å². The molecular formula is C12H20N4O2S. The third-order valence-corrected chi connectivity index (χ3v) is 3.88. The molecule has 2 atom stereocenters. The minimum atomic E-state index is -0.599. The highest BCUT2D eigenvalue weighted by Crippen LogP contribution is 2.18. The third kappa shape index (κ3) is 4.20. The van der Waals surface area contributed by atoms with Crippen molar-refractivity contribution in [2.24, 2.45) is 16.8 Å². The Kier molecular flexibility index (Phi) is 5.75. The molecule has 0 saturated carbocycles. The first-order valence-corrected chi connectivity index (χ1v) is 7.07. The second-order valence-corrected chi connectivity index (χ2v) is 5.31. The maximum Gasteiger partial charge on any atom is 0.231 e. The van der Waals surface area contributed by atoms with E-state index in [2.05, 4.69) is 15.5 Å². The van der Waals surface area contributed by atoms with Gasteiger partial charge in [-0.2, -0.15) is 0 Å². The first-order chi connectivity index (χ1) is 8.99. The average Bonchev–Trinajstić information content (AvgIpc) is 2.81. The van der Waals surface area contributed by atoms with Crippen LogP contribution in [0.5, 0.6) is 0 Å². The maximum absolute atomic E-state index is 12.1. The predicted octanol–water partition coefficient (Wildman–Crippen LogP) is 1.79. The fourth-order valence-corrected chi connectivity index (χ4v) is 2.52. The van der Waals surface area contributed by atoms with Crippen molar-refractivity contribution in [3.05, 3.63) is 16.1 Å². The molecule has 4 N–H and O–H groups in total. The van der Waals surface area contributed by atoms with Crippen molar-refractivity contribution in [1.29, 1.82) is 0 Å². The summed E-state index contributed by atoms with van der Waals surface area (Å²) in [6.07, 6.45) is 1.32. The summed E-state index contributed by atoms with van der Waals surface area (Å²) in [5.74, 6) is -0.891. The summed E-state index contributed by atoms with van der Waals surface area (Å²) in [5, 5.41) is 17.3. The van der Waals surface area contributed by atoms with Gasteiger partial charge in [0.15, 0.2) is 5.84 Å². The minimum absolute atomic E-state index is 0.0538. The van der Waals surface area contributed by atoms with Gasteiger partial charge in [0.1, 0.15) is 5.01 Å². The molecule has 0 saturated heterocycles. The Morgan fingerprint density at radius 3 is 2.84 bits per heavy atom. The van der Waals surface area contributed by atoms with Gasteiger partial charge in [0.25, 0.3) is 0 Å². The zero-order chi connectivity index (χ0) is 14.4. The van der Waals surface area contributed by atoms with Gasteiger partial charge in [-0.15, -0.1) is 11.3 Å². The molecule has 1 amide bonds. The highest BCUT2D eigenvalue weighted by molar-refractivity contribution is 7.09. The molecule has 0 spiro atoms. The molecule has 0 aromatic carbocycles. The number of carbonyl (C=O) groups excluding carboxylic acids is 1. The van der Waals surface area contributed by atoms with Crippen LogP contribution in [0.4, 0.5) is 0 Å². The number of thiazole rings is 1. The second kappa shape index (κ2) is 7.08. The molecular weight excluding hydrogens is 264 g/mol. The number of hydrogen-bond donors (Lipinski definition) is 3. The largest absolute Gasteiger partial charge is 0.409 e. The fourth-order valence-electron chi connectivity index (χ4n) is 1.72. The molecule has 1 rings (SSSR count). The van der Waals surface area contributed by atoms with E-state index in [4.69, 9.17) is 10.9 Å². The van der Waals surface area contributed by atoms with Crippen molar-refractivity contribution in [3.8, 4) is 0 Å². The molecule has 0 aliphatic rings. The number of amides is 1. The number of oxime groups is 1. The summed E-state index contributed by atoms with van der Waals surface area (Å²) in [5.41, 5.74) is 6.48. The molecule has 0 aliphatic heterocycles. The molecule has 19 heavy (non-hydrogen) atoms. The van der Waals surface area contributed by atoms with Crippen LogP contribution >= 0.6 is 11.3 Å². The topological polar surface area (TPSA) is 101 Å². The summed E-state index contributed by atoms with van der Waals surface area (Å²) in [6, 6.07) is -0.183. The van der Waals surface area contributed by atoms with Gasteiger partial charge in [-0.25, -0.2) is 4.98 Å². The Bertz CT molecular complexity index is 458. The van der Waals surface area contributed by atoms with E-state index in [-0.39, 0.29) is 17.8 Å². The van der Waals surface area contributed by atoms with E-state index >= 15 is 0 Å². The van der Waals surface area contributed by atoms with Gasteiger partial charge >= 0.3 is 0 Å². The highest BCUT2D eigenvalue weighted by atomic mass is 32.1. The van der Waals surface area contributed by atoms with Crippen molar-refractivity contribution in [2.75, 3.05) is 0 Å². The lowest BCUT2D eigenvalue weighted by molar-refractivity contribution is -0.123. The summed E-state index contributed by atoms with van der Waals surface area (Å²) in [4.78, 5) is 16.4. The Balaban J connectivity index is 2.71. The monoisotopic (exact) mass is 284 g/mol. The third-order valence-electron chi connectivity index (χ3n) is 2.73. The number of aromatic nitrogens is 1. The first kappa shape index (κ1) is 15.4. The Hall–Kier alpha value is -1.63. The average molecular weight is 284 g/mol. The van der Waals surface area contributed by atoms with Gasteiger partial charge in [0.05, 0.1) is 12.0 Å². The molecule has 106 valence electrons. The van der Waals surface area contributed by atoms with E-state index in [1.165, 1.54) is 11.3 Å². The van der Waals surface area contributed by atoms with Gasteiger partial charge in [-0.1, -0.05) is 18.5 Å². The number of nitrogens with one attached hydrogen (secondary N) is 1. The Morgan fingerprint density at radius 1 is 1.68 bits per heavy atom. The first-order valence-electron chi connectivity index (χ1n) is 6.19. The van der Waals surface area contributed by atoms with Crippen molar-refractivity contribution in [2.45, 2.75) is 39.7 Å². The number of rotatable bonds is 6. The van der Waals surface area contributed by atoms with Crippen LogP contribution in [0.2, 0.25) is 0 Å². The lowest BCUT2D eigenvalue weighted by atomic mass is 10.0. The van der Waals surface area contributed by atoms with Crippen LogP contribution in [0.1, 0.15) is 43.4 Å². The van der Waals surface area contributed by atoms with Crippen molar-refractivity contribution >= 4 is 23.1 Å². The SMILES string of the molecule is CCCC(C(=O)NC(C)c1nc(C)cs1)C(N)=NO. The molecule has 0 fully saturated rings. The van der Waals surface area contributed by atoms with E-state index in [1.807, 2.05) is 26.2 Å². The number of carbonyl (C=O) groups is 1. The minimum Gasteiger partial charge on any atom is -0.409 e. The second-order valence-electron chi connectivity index (χ2n) is 4.42. The Labute approximate surface area is 116 Å². The molecule has 7 heteroatoms. The smallest absolute Gasteiger partial charge is 0.231 e. The van der Waals surface area contributed by atoms with E-state index in [0.29, 0.717) is 6.42 Å². The highest BCUT2D eigenvalue weighted by Gasteiger charge is 2.24. The normalized spacial score (nSPS) is 15.0. The standard InChI is InChI=1S/C12H20N4O2S/c1-4-5-9(10(13)16-18)11(17)15-8(3)12-14-7(2)6-19-12/h6,8-9,18H,4-5H2,1-3H3,(H2,13,16)(H,15,17). The molecule has 2 unspecified atom stereocenters. The fraction of sp³-hybridized carbons (Fsp3) is 0.583. The molecule has 1 aromatic heterocycles. The zero-order valence-corrected chi connectivity index (χ0v) is 12.2. The van der Waals surface area contributed by atoms with Gasteiger partial charge in [0, 0.05) is 11.1 Å². The van der Waals surface area contributed by atoms with Crippen LogP contribution < -0.4 is 11.1 Å². The molecule has 6 nitrogen and oxygen atoms in total. The number of hydrogen-bond acceptors (Lipinski definition) is 5. The molecule has 0 aliphatic carbocycles. The van der Waals surface area contributed by atoms with Crippen molar-refractivity contribution in [3.63, 3.8) is 0 Å². The molecule has 1 heterocycles. The Morgan fingerprint density at radius 2 is 2.37 bits per heavy atom. The summed E-state index contributed by atoms with van der Waals surface area (Å²) in [6.45, 7) is 5.72. The van der Waals surface area contributed by atoms with Crippen LogP contribution in [-0.4, -0.2) is 21.9 Å². The van der Waals surface area contributed by atoms with Crippen LogP contribution in [0.15, 0.2) is 10.5 Å². The number of amidine groups is 1. The summed E-state index contributed by atoms with van der Waals surface area (Å²) in [7, 11) is 0. The molecule has 0 bridgehead atoms. The van der Waals surface area contributed by atoms with Crippen LogP contribution in [0.3, 0.4) is 0 Å². The van der Waals surface area contributed by atoms with E-state index in [0.717, 1.165) is 17.1 Å². The van der Waals surface area contributed by atoms with Gasteiger partial charge in [-0.3, -0.25) is 4.79 Å². The molecule has 0 radical (unpaired) electrons. The van der Waals surface area contributed by atoms with Crippen molar-refractivity contribution in [1.82, 2.24) is 10.3 Å². The van der Waals surface area contributed by atoms with Gasteiger partial charge in [0.2, 0.25) is 5.91 Å². The van der Waals surface area contributed by atoms with Gasteiger partial charge < -0.3 is 16.3 Å². The molecule has 1 aromatic rings. The number of aryl methyl sites for hydroxylation is 1. The van der Waals surface area contributed by atoms with Gasteiger partial charge in [-0.05, 0) is 20.3 Å². The van der Waals surface area contributed by atoms with Crippen LogP contribution in [-0.2, 0) is 4.79 Å². The predicted molar refractivity (Wildman–Crippen MR) is 75.2 cm³/mol.